The molecule has 0 heterocycles. The molecule has 0 atom stereocenters. The average molecular weight is 294 g/mol. The lowest BCUT2D eigenvalue weighted by molar-refractivity contribution is -0.137. The molecule has 2 nitrogen and oxygen atoms in total. The van der Waals surface area contributed by atoms with E-state index in [9.17, 15) is 18.0 Å². The summed E-state index contributed by atoms with van der Waals surface area (Å²) in [6.07, 6.45) is -4.57. The quantitative estimate of drug-likeness (QED) is 0.784. The van der Waals surface area contributed by atoms with Crippen LogP contribution in [0.15, 0.2) is 48.5 Å². The van der Waals surface area contributed by atoms with Gasteiger partial charge in [0, 0.05) is 11.1 Å². The second-order valence-electron chi connectivity index (χ2n) is 4.33. The second-order valence-corrected chi connectivity index (χ2v) is 4.33. The van der Waals surface area contributed by atoms with Gasteiger partial charge in [-0.25, -0.2) is 0 Å². The molecule has 0 radical (unpaired) electrons. The Morgan fingerprint density at radius 3 is 2.48 bits per heavy atom. The second kappa shape index (κ2) is 5.99. The molecular formula is C16H13F3O2. The number of ether oxygens (including phenoxy) is 1. The Kier molecular flexibility index (Phi) is 4.31. The Balaban J connectivity index is 2.43. The van der Waals surface area contributed by atoms with Crippen molar-refractivity contribution in [1.82, 2.24) is 0 Å². The van der Waals surface area contributed by atoms with E-state index < -0.39 is 17.5 Å². The van der Waals surface area contributed by atoms with Gasteiger partial charge in [-0.15, -0.1) is 0 Å². The molecule has 0 aliphatic rings. The van der Waals surface area contributed by atoms with Crippen molar-refractivity contribution in [2.24, 2.45) is 0 Å². The fraction of sp³-hybridized carbons (Fsp3) is 0.188. The minimum absolute atomic E-state index is 0.164. The Morgan fingerprint density at radius 2 is 1.81 bits per heavy atom. The predicted molar refractivity (Wildman–Crippen MR) is 72.5 cm³/mol. The summed E-state index contributed by atoms with van der Waals surface area (Å²) in [4.78, 5) is 12.3. The maximum Gasteiger partial charge on any atom is 0.417 e. The third kappa shape index (κ3) is 3.42. The fourth-order valence-electron chi connectivity index (χ4n) is 1.98. The van der Waals surface area contributed by atoms with E-state index in [1.807, 2.05) is 0 Å². The molecule has 2 rings (SSSR count). The molecule has 0 aliphatic heterocycles. The van der Waals surface area contributed by atoms with Gasteiger partial charge in [-0.1, -0.05) is 30.3 Å². The Bertz CT molecular complexity index is 648. The van der Waals surface area contributed by atoms with Crippen molar-refractivity contribution in [3.8, 4) is 5.75 Å². The summed E-state index contributed by atoms with van der Waals surface area (Å²) in [6, 6.07) is 10.9. The van der Waals surface area contributed by atoms with E-state index >= 15 is 0 Å². The van der Waals surface area contributed by atoms with Gasteiger partial charge in [-0.05, 0) is 25.1 Å². The van der Waals surface area contributed by atoms with E-state index in [0.29, 0.717) is 12.4 Å². The summed E-state index contributed by atoms with van der Waals surface area (Å²) in [5.41, 5.74) is -1.13. The lowest BCUT2D eigenvalue weighted by Crippen LogP contribution is -2.13. The van der Waals surface area contributed by atoms with Gasteiger partial charge in [-0.3, -0.25) is 4.79 Å². The molecule has 0 spiro atoms. The number of alkyl halides is 3. The van der Waals surface area contributed by atoms with Crippen LogP contribution in [0.4, 0.5) is 13.2 Å². The first-order chi connectivity index (χ1) is 9.93. The molecule has 0 fully saturated rings. The van der Waals surface area contributed by atoms with Gasteiger partial charge >= 0.3 is 6.18 Å². The van der Waals surface area contributed by atoms with Gasteiger partial charge in [0.1, 0.15) is 5.75 Å². The molecule has 2 aromatic rings. The molecule has 0 bridgehead atoms. The molecule has 0 N–H and O–H groups in total. The Labute approximate surface area is 120 Å². The highest BCUT2D eigenvalue weighted by molar-refractivity contribution is 6.10. The molecule has 0 aliphatic carbocycles. The first-order valence-corrected chi connectivity index (χ1v) is 6.37. The Hall–Kier alpha value is -2.30. The number of rotatable bonds is 4. The lowest BCUT2D eigenvalue weighted by atomic mass is 9.98. The van der Waals surface area contributed by atoms with E-state index in [-0.39, 0.29) is 11.1 Å². The van der Waals surface area contributed by atoms with E-state index in [4.69, 9.17) is 4.74 Å². The molecule has 0 aromatic heterocycles. The number of benzene rings is 2. The SMILES string of the molecule is CCOc1cccc(C(=O)c2ccccc2C(F)(F)F)c1. The van der Waals surface area contributed by atoms with Crippen molar-refractivity contribution in [2.75, 3.05) is 6.61 Å². The normalized spacial score (nSPS) is 11.2. The topological polar surface area (TPSA) is 26.3 Å². The van der Waals surface area contributed by atoms with Gasteiger partial charge in [0.15, 0.2) is 5.78 Å². The van der Waals surface area contributed by atoms with Gasteiger partial charge in [0.2, 0.25) is 0 Å². The molecule has 0 unspecified atom stereocenters. The summed E-state index contributed by atoms with van der Waals surface area (Å²) in [6.45, 7) is 2.20. The van der Waals surface area contributed by atoms with Crippen LogP contribution in [0.25, 0.3) is 0 Å². The minimum atomic E-state index is -4.57. The standard InChI is InChI=1S/C16H13F3O2/c1-2-21-12-7-5-6-11(10-12)15(20)13-8-3-4-9-14(13)16(17,18)19/h3-10H,2H2,1H3. The zero-order valence-corrected chi connectivity index (χ0v) is 11.3. The van der Waals surface area contributed by atoms with Crippen LogP contribution >= 0.6 is 0 Å². The van der Waals surface area contributed by atoms with Crippen molar-refractivity contribution in [3.05, 3.63) is 65.2 Å². The van der Waals surface area contributed by atoms with Crippen LogP contribution in [-0.4, -0.2) is 12.4 Å². The highest BCUT2D eigenvalue weighted by Crippen LogP contribution is 2.33. The highest BCUT2D eigenvalue weighted by atomic mass is 19.4. The lowest BCUT2D eigenvalue weighted by Gasteiger charge is -2.12. The molecule has 0 amide bonds. The van der Waals surface area contributed by atoms with Gasteiger partial charge in [0.25, 0.3) is 0 Å². The maximum absolute atomic E-state index is 12.9. The fourth-order valence-corrected chi connectivity index (χ4v) is 1.98. The largest absolute Gasteiger partial charge is 0.494 e. The van der Waals surface area contributed by atoms with Gasteiger partial charge < -0.3 is 4.74 Å². The first-order valence-electron chi connectivity index (χ1n) is 6.37. The number of carbonyl (C=O) groups excluding carboxylic acids is 1. The van der Waals surface area contributed by atoms with Crippen molar-refractivity contribution in [3.63, 3.8) is 0 Å². The van der Waals surface area contributed by atoms with Crippen LogP contribution in [0.2, 0.25) is 0 Å². The zero-order chi connectivity index (χ0) is 15.5. The molecule has 110 valence electrons. The maximum atomic E-state index is 12.9. The summed E-state index contributed by atoms with van der Waals surface area (Å²) in [5.74, 6) is -0.225. The van der Waals surface area contributed by atoms with Crippen molar-refractivity contribution in [1.29, 1.82) is 0 Å². The van der Waals surface area contributed by atoms with E-state index in [1.165, 1.54) is 30.3 Å². The smallest absolute Gasteiger partial charge is 0.417 e. The van der Waals surface area contributed by atoms with Crippen molar-refractivity contribution < 1.29 is 22.7 Å². The molecule has 5 heteroatoms. The predicted octanol–water partition coefficient (Wildman–Crippen LogP) is 4.34. The molecule has 21 heavy (non-hydrogen) atoms. The number of carbonyl (C=O) groups is 1. The summed E-state index contributed by atoms with van der Waals surface area (Å²) < 4.78 is 44.1. The van der Waals surface area contributed by atoms with E-state index in [1.54, 1.807) is 19.1 Å². The van der Waals surface area contributed by atoms with Crippen LogP contribution in [0.1, 0.15) is 28.4 Å². The molecular weight excluding hydrogens is 281 g/mol. The van der Waals surface area contributed by atoms with Crippen LogP contribution in [0, 0.1) is 0 Å². The van der Waals surface area contributed by atoms with Crippen LogP contribution < -0.4 is 4.74 Å². The van der Waals surface area contributed by atoms with E-state index in [0.717, 1.165) is 6.07 Å². The van der Waals surface area contributed by atoms with Gasteiger partial charge in [-0.2, -0.15) is 13.2 Å². The molecule has 2 aromatic carbocycles. The zero-order valence-electron chi connectivity index (χ0n) is 11.3. The summed E-state index contributed by atoms with van der Waals surface area (Å²) in [5, 5.41) is 0. The van der Waals surface area contributed by atoms with Gasteiger partial charge in [0.05, 0.1) is 12.2 Å². The Morgan fingerprint density at radius 1 is 1.10 bits per heavy atom. The highest BCUT2D eigenvalue weighted by Gasteiger charge is 2.34. The van der Waals surface area contributed by atoms with Crippen molar-refractivity contribution >= 4 is 5.78 Å². The third-order valence-electron chi connectivity index (χ3n) is 2.88. The number of ketones is 1. The first kappa shape index (κ1) is 15.1. The van der Waals surface area contributed by atoms with E-state index in [2.05, 4.69) is 0 Å². The van der Waals surface area contributed by atoms with Crippen LogP contribution in [0.3, 0.4) is 0 Å². The average Bonchev–Trinajstić information content (AvgIpc) is 2.46. The van der Waals surface area contributed by atoms with Crippen molar-refractivity contribution in [2.45, 2.75) is 13.1 Å². The minimum Gasteiger partial charge on any atom is -0.494 e. The van der Waals surface area contributed by atoms with Crippen LogP contribution in [-0.2, 0) is 6.18 Å². The number of halogens is 3. The van der Waals surface area contributed by atoms with Crippen LogP contribution in [0.5, 0.6) is 5.75 Å². The summed E-state index contributed by atoms with van der Waals surface area (Å²) in [7, 11) is 0. The number of hydrogen-bond donors (Lipinski definition) is 0. The molecule has 0 saturated heterocycles. The summed E-state index contributed by atoms with van der Waals surface area (Å²) >= 11 is 0. The number of hydrogen-bond acceptors (Lipinski definition) is 2. The molecule has 0 saturated carbocycles. The monoisotopic (exact) mass is 294 g/mol. The third-order valence-corrected chi connectivity index (χ3v) is 2.88.